The predicted octanol–water partition coefficient (Wildman–Crippen LogP) is 4.85. The van der Waals surface area contributed by atoms with Crippen molar-refractivity contribution >= 4 is 11.8 Å². The van der Waals surface area contributed by atoms with Crippen molar-refractivity contribution in [2.24, 2.45) is 0 Å². The Morgan fingerprint density at radius 1 is 0.939 bits per heavy atom. The van der Waals surface area contributed by atoms with E-state index < -0.39 is 6.10 Å². The molecule has 0 aliphatic rings. The van der Waals surface area contributed by atoms with Crippen molar-refractivity contribution in [1.29, 1.82) is 0 Å². The first-order valence-electron chi connectivity index (χ1n) is 10.9. The Bertz CT molecular complexity index is 1200. The summed E-state index contributed by atoms with van der Waals surface area (Å²) in [5.74, 6) is 0.417. The molecular formula is C26H28N4O2S. The van der Waals surface area contributed by atoms with E-state index in [4.69, 9.17) is 4.74 Å². The average molecular weight is 461 g/mol. The lowest BCUT2D eigenvalue weighted by Gasteiger charge is -2.22. The van der Waals surface area contributed by atoms with Crippen molar-refractivity contribution in [2.45, 2.75) is 38.1 Å². The fourth-order valence-corrected chi connectivity index (χ4v) is 4.55. The lowest BCUT2D eigenvalue weighted by Crippen LogP contribution is -2.21. The van der Waals surface area contributed by atoms with Crippen LogP contribution >= 0.6 is 11.8 Å². The largest absolute Gasteiger partial charge is 0.390 e. The number of tetrazole rings is 1. The highest BCUT2D eigenvalue weighted by Crippen LogP contribution is 2.29. The number of aliphatic hydroxyl groups excluding tert-OH is 1. The van der Waals surface area contributed by atoms with Crippen molar-refractivity contribution in [3.63, 3.8) is 0 Å². The maximum atomic E-state index is 10.7. The van der Waals surface area contributed by atoms with Gasteiger partial charge in [0.1, 0.15) is 6.10 Å². The Morgan fingerprint density at radius 2 is 1.70 bits per heavy atom. The quantitative estimate of drug-likeness (QED) is 0.360. The zero-order chi connectivity index (χ0) is 23.2. The van der Waals surface area contributed by atoms with Gasteiger partial charge in [0.2, 0.25) is 5.16 Å². The zero-order valence-electron chi connectivity index (χ0n) is 19.0. The van der Waals surface area contributed by atoms with Gasteiger partial charge in [-0.3, -0.25) is 0 Å². The van der Waals surface area contributed by atoms with Crippen molar-refractivity contribution in [3.05, 3.63) is 101 Å². The molecule has 170 valence electrons. The molecule has 0 aliphatic heterocycles. The minimum atomic E-state index is -0.672. The highest BCUT2D eigenvalue weighted by atomic mass is 32.2. The monoisotopic (exact) mass is 460 g/mol. The van der Waals surface area contributed by atoms with Gasteiger partial charge in [0, 0.05) is 5.75 Å². The molecule has 0 spiro atoms. The standard InChI is InChI=1S/C26H28N4O2S/c1-18-13-14-24(20(3)15-18)30-26(27-28-29-30)33-17-22(31)16-32-25(21-10-5-4-6-11-21)23-12-8-7-9-19(23)2/h4-15,22,25,31H,16-17H2,1-3H3. The predicted molar refractivity (Wildman–Crippen MR) is 131 cm³/mol. The Labute approximate surface area is 198 Å². The molecule has 33 heavy (non-hydrogen) atoms. The van der Waals surface area contributed by atoms with Crippen LogP contribution in [-0.4, -0.2) is 43.8 Å². The fraction of sp³-hybridized carbons (Fsp3) is 0.269. The third-order valence-corrected chi connectivity index (χ3v) is 6.52. The number of thioether (sulfide) groups is 1. The highest BCUT2D eigenvalue weighted by Gasteiger charge is 2.19. The first kappa shape index (κ1) is 23.2. The molecule has 0 saturated heterocycles. The van der Waals surface area contributed by atoms with E-state index in [9.17, 15) is 5.11 Å². The van der Waals surface area contributed by atoms with Gasteiger partial charge in [-0.15, -0.1) is 5.10 Å². The number of benzene rings is 3. The molecule has 1 aromatic heterocycles. The highest BCUT2D eigenvalue weighted by molar-refractivity contribution is 7.99. The van der Waals surface area contributed by atoms with Gasteiger partial charge >= 0.3 is 0 Å². The third kappa shape index (κ3) is 5.68. The van der Waals surface area contributed by atoms with Crippen LogP contribution in [0.25, 0.3) is 5.69 Å². The lowest BCUT2D eigenvalue weighted by molar-refractivity contribution is 0.0153. The molecule has 6 nitrogen and oxygen atoms in total. The Hall–Kier alpha value is -3.00. The molecule has 1 heterocycles. The van der Waals surface area contributed by atoms with Crippen molar-refractivity contribution in [2.75, 3.05) is 12.4 Å². The van der Waals surface area contributed by atoms with Gasteiger partial charge in [-0.25, -0.2) is 0 Å². The van der Waals surface area contributed by atoms with Crippen LogP contribution in [0.2, 0.25) is 0 Å². The van der Waals surface area contributed by atoms with E-state index in [1.54, 1.807) is 4.68 Å². The summed E-state index contributed by atoms with van der Waals surface area (Å²) in [6.45, 7) is 6.37. The normalized spacial score (nSPS) is 13.1. The van der Waals surface area contributed by atoms with Crippen LogP contribution in [0.15, 0.2) is 78.0 Å². The van der Waals surface area contributed by atoms with Crippen LogP contribution in [0.3, 0.4) is 0 Å². The van der Waals surface area contributed by atoms with Gasteiger partial charge in [0.05, 0.1) is 18.4 Å². The number of rotatable bonds is 9. The van der Waals surface area contributed by atoms with E-state index in [0.717, 1.165) is 27.9 Å². The van der Waals surface area contributed by atoms with Gasteiger partial charge in [-0.2, -0.15) is 4.68 Å². The number of ether oxygens (including phenoxy) is 1. The second kappa shape index (κ2) is 10.7. The van der Waals surface area contributed by atoms with Crippen LogP contribution < -0.4 is 0 Å². The number of aryl methyl sites for hydroxylation is 3. The van der Waals surface area contributed by atoms with Gasteiger partial charge in [-0.1, -0.05) is 84.1 Å². The summed E-state index contributed by atoms with van der Waals surface area (Å²) in [7, 11) is 0. The number of aliphatic hydroxyl groups is 1. The summed E-state index contributed by atoms with van der Waals surface area (Å²) in [5, 5.41) is 23.4. The van der Waals surface area contributed by atoms with E-state index in [1.165, 1.54) is 17.3 Å². The van der Waals surface area contributed by atoms with Crippen LogP contribution in [0, 0.1) is 20.8 Å². The Balaban J connectivity index is 1.42. The number of aromatic nitrogens is 4. The molecule has 0 amide bonds. The second-order valence-corrected chi connectivity index (χ2v) is 9.10. The van der Waals surface area contributed by atoms with Crippen LogP contribution in [0.1, 0.15) is 33.9 Å². The molecule has 4 aromatic rings. The van der Waals surface area contributed by atoms with Crippen molar-refractivity contribution in [1.82, 2.24) is 20.2 Å². The van der Waals surface area contributed by atoms with Crippen LogP contribution in [0.5, 0.6) is 0 Å². The molecule has 7 heteroatoms. The molecule has 0 radical (unpaired) electrons. The van der Waals surface area contributed by atoms with Gasteiger partial charge in [0.25, 0.3) is 0 Å². The molecule has 0 aliphatic carbocycles. The van der Waals surface area contributed by atoms with E-state index in [0.29, 0.717) is 10.9 Å². The molecular weight excluding hydrogens is 432 g/mol. The third-order valence-electron chi connectivity index (χ3n) is 5.45. The number of nitrogens with zero attached hydrogens (tertiary/aromatic N) is 4. The van der Waals surface area contributed by atoms with E-state index in [2.05, 4.69) is 59.7 Å². The summed E-state index contributed by atoms with van der Waals surface area (Å²) in [4.78, 5) is 0. The molecule has 0 fully saturated rings. The van der Waals surface area contributed by atoms with Crippen LogP contribution in [-0.2, 0) is 4.74 Å². The average Bonchev–Trinajstić information content (AvgIpc) is 3.28. The maximum Gasteiger partial charge on any atom is 0.214 e. The maximum absolute atomic E-state index is 10.7. The summed E-state index contributed by atoms with van der Waals surface area (Å²) >= 11 is 1.41. The molecule has 3 aromatic carbocycles. The Kier molecular flexibility index (Phi) is 7.54. The molecule has 2 unspecified atom stereocenters. The van der Waals surface area contributed by atoms with Gasteiger partial charge in [-0.05, 0) is 59.5 Å². The summed E-state index contributed by atoms with van der Waals surface area (Å²) in [6, 6.07) is 24.4. The summed E-state index contributed by atoms with van der Waals surface area (Å²) < 4.78 is 7.97. The smallest absolute Gasteiger partial charge is 0.214 e. The molecule has 4 rings (SSSR count). The van der Waals surface area contributed by atoms with Crippen molar-refractivity contribution < 1.29 is 9.84 Å². The fourth-order valence-electron chi connectivity index (χ4n) is 3.76. The van der Waals surface area contributed by atoms with E-state index in [-0.39, 0.29) is 12.7 Å². The minimum absolute atomic E-state index is 0.200. The van der Waals surface area contributed by atoms with Gasteiger partial charge < -0.3 is 9.84 Å². The van der Waals surface area contributed by atoms with Gasteiger partial charge in [0.15, 0.2) is 0 Å². The SMILES string of the molecule is Cc1ccc(-n2nnnc2SCC(O)COC(c2ccccc2)c2ccccc2C)c(C)c1. The molecule has 0 bridgehead atoms. The van der Waals surface area contributed by atoms with E-state index >= 15 is 0 Å². The van der Waals surface area contributed by atoms with E-state index in [1.807, 2.05) is 49.4 Å². The first-order chi connectivity index (χ1) is 16.0. The summed E-state index contributed by atoms with van der Waals surface area (Å²) in [6.07, 6.45) is -0.915. The van der Waals surface area contributed by atoms with Crippen LogP contribution in [0.4, 0.5) is 0 Å². The zero-order valence-corrected chi connectivity index (χ0v) is 19.9. The summed E-state index contributed by atoms with van der Waals surface area (Å²) in [5.41, 5.74) is 6.53. The first-order valence-corrected chi connectivity index (χ1v) is 11.9. The number of hydrogen-bond donors (Lipinski definition) is 1. The molecule has 2 atom stereocenters. The molecule has 1 N–H and O–H groups in total. The lowest BCUT2D eigenvalue weighted by atomic mass is 9.97. The van der Waals surface area contributed by atoms with Crippen molar-refractivity contribution in [3.8, 4) is 5.69 Å². The molecule has 0 saturated carbocycles. The minimum Gasteiger partial charge on any atom is -0.390 e. The Morgan fingerprint density at radius 3 is 2.45 bits per heavy atom. The number of hydrogen-bond acceptors (Lipinski definition) is 6. The topological polar surface area (TPSA) is 73.1 Å². The second-order valence-electron chi connectivity index (χ2n) is 8.11.